The smallest absolute Gasteiger partial charge is 0.119 e. The van der Waals surface area contributed by atoms with E-state index in [0.717, 1.165) is 30.8 Å². The summed E-state index contributed by atoms with van der Waals surface area (Å²) in [6.45, 7) is 5.00. The Morgan fingerprint density at radius 3 is 2.72 bits per heavy atom. The van der Waals surface area contributed by atoms with E-state index in [1.807, 2.05) is 31.2 Å². The lowest BCUT2D eigenvalue weighted by Gasteiger charge is -2.10. The molecular weight excluding hydrogens is 224 g/mol. The van der Waals surface area contributed by atoms with E-state index in [-0.39, 0.29) is 6.10 Å². The van der Waals surface area contributed by atoms with Gasteiger partial charge in [-0.2, -0.15) is 0 Å². The number of aliphatic hydroxyl groups is 1. The Balaban J connectivity index is 2.35. The maximum atomic E-state index is 9.63. The standard InChI is InChI=1S/C16H26O2/c1-3-5-6-7-11-18-16-10-8-9-14(13-16)12-15(17)4-2/h8-10,13,15,17H,3-7,11-12H2,1-2H3. The summed E-state index contributed by atoms with van der Waals surface area (Å²) in [6.07, 6.45) is 6.16. The van der Waals surface area contributed by atoms with Gasteiger partial charge in [0.05, 0.1) is 12.7 Å². The molecule has 0 saturated carbocycles. The van der Waals surface area contributed by atoms with Gasteiger partial charge in [0.25, 0.3) is 0 Å². The molecule has 0 fully saturated rings. The molecule has 0 aliphatic heterocycles. The van der Waals surface area contributed by atoms with Crippen LogP contribution in [0.4, 0.5) is 0 Å². The van der Waals surface area contributed by atoms with E-state index in [4.69, 9.17) is 4.74 Å². The third-order valence-electron chi connectivity index (χ3n) is 3.11. The Kier molecular flexibility index (Phi) is 7.51. The highest BCUT2D eigenvalue weighted by atomic mass is 16.5. The van der Waals surface area contributed by atoms with Gasteiger partial charge in [-0.3, -0.25) is 0 Å². The zero-order valence-electron chi connectivity index (χ0n) is 11.7. The van der Waals surface area contributed by atoms with E-state index >= 15 is 0 Å². The van der Waals surface area contributed by atoms with Crippen molar-refractivity contribution >= 4 is 0 Å². The number of hydrogen-bond donors (Lipinski definition) is 1. The van der Waals surface area contributed by atoms with Gasteiger partial charge in [0.15, 0.2) is 0 Å². The summed E-state index contributed by atoms with van der Waals surface area (Å²) >= 11 is 0. The molecule has 0 heterocycles. The van der Waals surface area contributed by atoms with Gasteiger partial charge in [-0.1, -0.05) is 45.2 Å². The van der Waals surface area contributed by atoms with Crippen LogP contribution >= 0.6 is 0 Å². The molecule has 1 aromatic rings. The van der Waals surface area contributed by atoms with Crippen LogP contribution in [0.3, 0.4) is 0 Å². The molecule has 0 amide bonds. The van der Waals surface area contributed by atoms with Crippen LogP contribution in [0.5, 0.6) is 5.75 Å². The molecule has 1 aromatic carbocycles. The van der Waals surface area contributed by atoms with Gasteiger partial charge in [0.1, 0.15) is 5.75 Å². The fourth-order valence-electron chi connectivity index (χ4n) is 1.90. The second-order valence-corrected chi connectivity index (χ2v) is 4.82. The second kappa shape index (κ2) is 8.98. The van der Waals surface area contributed by atoms with E-state index in [9.17, 15) is 5.11 Å². The molecule has 2 heteroatoms. The molecular formula is C16H26O2. The lowest BCUT2D eigenvalue weighted by Crippen LogP contribution is -2.08. The summed E-state index contributed by atoms with van der Waals surface area (Å²) in [5.74, 6) is 0.923. The van der Waals surface area contributed by atoms with Gasteiger partial charge in [-0.15, -0.1) is 0 Å². The normalized spacial score (nSPS) is 12.4. The lowest BCUT2D eigenvalue weighted by atomic mass is 10.1. The highest BCUT2D eigenvalue weighted by Gasteiger charge is 2.03. The summed E-state index contributed by atoms with van der Waals surface area (Å²) in [5.41, 5.74) is 1.15. The summed E-state index contributed by atoms with van der Waals surface area (Å²) in [7, 11) is 0. The number of rotatable bonds is 9. The first-order valence-electron chi connectivity index (χ1n) is 7.16. The first-order chi connectivity index (χ1) is 8.76. The Morgan fingerprint density at radius 2 is 2.00 bits per heavy atom. The predicted octanol–water partition coefficient (Wildman–Crippen LogP) is 3.96. The van der Waals surface area contributed by atoms with Gasteiger partial charge in [0, 0.05) is 0 Å². The molecule has 1 atom stereocenters. The fourth-order valence-corrected chi connectivity index (χ4v) is 1.90. The van der Waals surface area contributed by atoms with Crippen LogP contribution in [-0.4, -0.2) is 17.8 Å². The molecule has 1 unspecified atom stereocenters. The first kappa shape index (κ1) is 15.0. The topological polar surface area (TPSA) is 29.5 Å². The molecule has 102 valence electrons. The number of unbranched alkanes of at least 4 members (excludes halogenated alkanes) is 3. The van der Waals surface area contributed by atoms with Gasteiger partial charge >= 0.3 is 0 Å². The van der Waals surface area contributed by atoms with E-state index in [1.165, 1.54) is 19.3 Å². The van der Waals surface area contributed by atoms with E-state index in [2.05, 4.69) is 6.92 Å². The van der Waals surface area contributed by atoms with Crippen LogP contribution in [0.2, 0.25) is 0 Å². The molecule has 0 saturated heterocycles. The van der Waals surface area contributed by atoms with Crippen LogP contribution in [-0.2, 0) is 6.42 Å². The van der Waals surface area contributed by atoms with Crippen LogP contribution in [0.15, 0.2) is 24.3 Å². The van der Waals surface area contributed by atoms with E-state index < -0.39 is 0 Å². The number of benzene rings is 1. The van der Waals surface area contributed by atoms with Crippen LogP contribution in [0.1, 0.15) is 51.5 Å². The molecule has 0 aliphatic rings. The third-order valence-corrected chi connectivity index (χ3v) is 3.11. The highest BCUT2D eigenvalue weighted by Crippen LogP contribution is 2.16. The Morgan fingerprint density at radius 1 is 1.17 bits per heavy atom. The Labute approximate surface area is 111 Å². The zero-order valence-corrected chi connectivity index (χ0v) is 11.7. The molecule has 1 rings (SSSR count). The molecule has 0 radical (unpaired) electrons. The Bertz CT molecular complexity index is 323. The molecule has 1 N–H and O–H groups in total. The van der Waals surface area contributed by atoms with Crippen LogP contribution in [0, 0.1) is 0 Å². The zero-order chi connectivity index (χ0) is 13.2. The van der Waals surface area contributed by atoms with E-state index in [1.54, 1.807) is 0 Å². The predicted molar refractivity (Wildman–Crippen MR) is 76.1 cm³/mol. The maximum Gasteiger partial charge on any atom is 0.119 e. The quantitative estimate of drug-likeness (QED) is 0.672. The number of ether oxygens (including phenoxy) is 1. The van der Waals surface area contributed by atoms with Crippen molar-refractivity contribution in [1.29, 1.82) is 0 Å². The minimum atomic E-state index is -0.246. The maximum absolute atomic E-state index is 9.63. The van der Waals surface area contributed by atoms with Gasteiger partial charge in [-0.05, 0) is 37.0 Å². The molecule has 0 aliphatic carbocycles. The largest absolute Gasteiger partial charge is 0.494 e. The van der Waals surface area contributed by atoms with Crippen molar-refractivity contribution in [3.8, 4) is 5.75 Å². The van der Waals surface area contributed by atoms with Crippen molar-refractivity contribution in [2.24, 2.45) is 0 Å². The summed E-state index contributed by atoms with van der Waals surface area (Å²) in [6, 6.07) is 8.07. The number of hydrogen-bond acceptors (Lipinski definition) is 2. The summed E-state index contributed by atoms with van der Waals surface area (Å²) < 4.78 is 5.73. The van der Waals surface area contributed by atoms with E-state index in [0.29, 0.717) is 6.42 Å². The Hall–Kier alpha value is -1.02. The summed E-state index contributed by atoms with van der Waals surface area (Å²) in [4.78, 5) is 0. The molecule has 2 nitrogen and oxygen atoms in total. The molecule has 0 aromatic heterocycles. The van der Waals surface area contributed by atoms with Crippen molar-refractivity contribution in [3.63, 3.8) is 0 Å². The van der Waals surface area contributed by atoms with Gasteiger partial charge in [-0.25, -0.2) is 0 Å². The fraction of sp³-hybridized carbons (Fsp3) is 0.625. The summed E-state index contributed by atoms with van der Waals surface area (Å²) in [5, 5.41) is 9.63. The average molecular weight is 250 g/mol. The van der Waals surface area contributed by atoms with Gasteiger partial charge < -0.3 is 9.84 Å². The second-order valence-electron chi connectivity index (χ2n) is 4.82. The first-order valence-corrected chi connectivity index (χ1v) is 7.16. The lowest BCUT2D eigenvalue weighted by molar-refractivity contribution is 0.170. The average Bonchev–Trinajstić information content (AvgIpc) is 2.39. The number of aliphatic hydroxyl groups excluding tert-OH is 1. The SMILES string of the molecule is CCCCCCOc1cccc(CC(O)CC)c1. The van der Waals surface area contributed by atoms with Crippen molar-refractivity contribution in [1.82, 2.24) is 0 Å². The molecule has 18 heavy (non-hydrogen) atoms. The van der Waals surface area contributed by atoms with Crippen molar-refractivity contribution in [3.05, 3.63) is 29.8 Å². The minimum absolute atomic E-state index is 0.246. The highest BCUT2D eigenvalue weighted by molar-refractivity contribution is 5.28. The monoisotopic (exact) mass is 250 g/mol. The molecule has 0 bridgehead atoms. The minimum Gasteiger partial charge on any atom is -0.494 e. The van der Waals surface area contributed by atoms with Gasteiger partial charge in [0.2, 0.25) is 0 Å². The third kappa shape index (κ3) is 6.06. The van der Waals surface area contributed by atoms with Crippen molar-refractivity contribution in [2.75, 3.05) is 6.61 Å². The van der Waals surface area contributed by atoms with Crippen LogP contribution in [0.25, 0.3) is 0 Å². The van der Waals surface area contributed by atoms with Crippen LogP contribution < -0.4 is 4.74 Å². The molecule has 0 spiro atoms. The van der Waals surface area contributed by atoms with Crippen molar-refractivity contribution < 1.29 is 9.84 Å². The van der Waals surface area contributed by atoms with Crippen molar-refractivity contribution in [2.45, 2.75) is 58.5 Å².